The third-order valence-corrected chi connectivity index (χ3v) is 9.50. The number of ketones is 1. The molecule has 0 amide bonds. The van der Waals surface area contributed by atoms with Crippen LogP contribution in [-0.2, 0) is 16.6 Å². The summed E-state index contributed by atoms with van der Waals surface area (Å²) in [7, 11) is 0. The molecule has 9 heteroatoms. The van der Waals surface area contributed by atoms with Gasteiger partial charge in [0.1, 0.15) is 11.2 Å². The van der Waals surface area contributed by atoms with Crippen LogP contribution in [0.1, 0.15) is 107 Å². The highest BCUT2D eigenvalue weighted by molar-refractivity contribution is 5.85. The second kappa shape index (κ2) is 17.4. The lowest BCUT2D eigenvalue weighted by Gasteiger charge is -2.31. The van der Waals surface area contributed by atoms with E-state index in [1.54, 1.807) is 13.8 Å². The van der Waals surface area contributed by atoms with Crippen molar-refractivity contribution in [2.75, 3.05) is 19.6 Å². The van der Waals surface area contributed by atoms with Crippen LogP contribution in [0.3, 0.4) is 0 Å². The molecule has 0 saturated carbocycles. The molecule has 6 nitrogen and oxygen atoms in total. The highest BCUT2D eigenvalue weighted by Gasteiger charge is 2.51. The molecule has 1 fully saturated rings. The number of benzene rings is 2. The van der Waals surface area contributed by atoms with Gasteiger partial charge in [0.2, 0.25) is 0 Å². The van der Waals surface area contributed by atoms with Gasteiger partial charge < -0.3 is 15.2 Å². The van der Waals surface area contributed by atoms with E-state index in [2.05, 4.69) is 71.7 Å². The molecule has 1 aliphatic rings. The number of hydrogen-bond donors (Lipinski definition) is 1. The summed E-state index contributed by atoms with van der Waals surface area (Å²) in [6.45, 7) is 19.4. The second-order valence-electron chi connectivity index (χ2n) is 13.7. The molecule has 1 unspecified atom stereocenters. The van der Waals surface area contributed by atoms with Crippen molar-refractivity contribution in [2.45, 2.75) is 118 Å². The summed E-state index contributed by atoms with van der Waals surface area (Å²) in [4.78, 5) is 18.9. The molecule has 1 aliphatic heterocycles. The standard InChI is InChI=1S/C30H39N3O.C8H10F3NO.C2H6/c1-5-23(8-11-33-12-9-28(31)10-13-33)29-18-26-17-27(19-32-30(26)15-21(29)3)25-7-6-24(16-22(4)34)20(2)14-25;1-5-4-6(13-12-5)7(2,3)8(9,10)11;1-2/h6-7,14-15,17-19,23,28H,5,8-13,16,31H2,1-4H3;4H,1-3H3;1-2H3. The summed E-state index contributed by atoms with van der Waals surface area (Å²) < 4.78 is 41.9. The van der Waals surface area contributed by atoms with E-state index >= 15 is 0 Å². The van der Waals surface area contributed by atoms with E-state index in [9.17, 15) is 18.0 Å². The number of nitrogens with zero attached hydrogens (tertiary/aromatic N) is 3. The van der Waals surface area contributed by atoms with Gasteiger partial charge in [-0.3, -0.25) is 9.78 Å². The van der Waals surface area contributed by atoms with Crippen LogP contribution in [0.5, 0.6) is 0 Å². The number of pyridine rings is 1. The smallest absolute Gasteiger partial charge is 0.360 e. The Hall–Kier alpha value is -3.56. The van der Waals surface area contributed by atoms with Gasteiger partial charge in [0.15, 0.2) is 5.76 Å². The van der Waals surface area contributed by atoms with Gasteiger partial charge in [-0.2, -0.15) is 13.2 Å². The van der Waals surface area contributed by atoms with E-state index in [0.717, 1.165) is 80.5 Å². The minimum atomic E-state index is -4.32. The SMILES string of the molecule is CC.CCC(CCN1CCC(N)CC1)c1cc2cc(-c3ccc(CC(C)=O)c(C)c3)cnc2cc1C.Cc1cc(C(C)(C)C(F)(F)F)on1. The van der Waals surface area contributed by atoms with Gasteiger partial charge in [0, 0.05) is 35.7 Å². The molecule has 0 spiro atoms. The third-order valence-electron chi connectivity index (χ3n) is 9.50. The largest absolute Gasteiger partial charge is 0.401 e. The van der Waals surface area contributed by atoms with Gasteiger partial charge >= 0.3 is 6.18 Å². The van der Waals surface area contributed by atoms with Gasteiger partial charge in [0.25, 0.3) is 0 Å². The Morgan fingerprint density at radius 2 is 1.67 bits per heavy atom. The molecule has 2 aromatic heterocycles. The minimum Gasteiger partial charge on any atom is -0.360 e. The number of aryl methyl sites for hydroxylation is 3. The van der Waals surface area contributed by atoms with Crippen molar-refractivity contribution >= 4 is 16.7 Å². The van der Waals surface area contributed by atoms with Crippen molar-refractivity contribution in [1.82, 2.24) is 15.0 Å². The number of piperidine rings is 1. The highest BCUT2D eigenvalue weighted by Crippen LogP contribution is 2.40. The number of fused-ring (bicyclic) bond motifs is 1. The van der Waals surface area contributed by atoms with E-state index in [4.69, 9.17) is 10.7 Å². The fourth-order valence-electron chi connectivity index (χ4n) is 6.13. The van der Waals surface area contributed by atoms with E-state index < -0.39 is 11.6 Å². The highest BCUT2D eigenvalue weighted by atomic mass is 19.4. The summed E-state index contributed by atoms with van der Waals surface area (Å²) in [5.41, 5.74) is 12.9. The van der Waals surface area contributed by atoms with Crippen LogP contribution in [0, 0.1) is 20.8 Å². The molecule has 1 atom stereocenters. The van der Waals surface area contributed by atoms with Crippen molar-refractivity contribution in [1.29, 1.82) is 0 Å². The van der Waals surface area contributed by atoms with Crippen molar-refractivity contribution < 1.29 is 22.5 Å². The Balaban J connectivity index is 0.000000363. The molecule has 49 heavy (non-hydrogen) atoms. The van der Waals surface area contributed by atoms with Crippen LogP contribution >= 0.6 is 0 Å². The Morgan fingerprint density at radius 1 is 1.00 bits per heavy atom. The molecule has 2 aromatic carbocycles. The number of Topliss-reactive ketones (excluding diaryl/α,β-unsaturated/α-hetero) is 1. The topological polar surface area (TPSA) is 85.2 Å². The Bertz CT molecular complexity index is 1670. The number of aromatic nitrogens is 2. The quantitative estimate of drug-likeness (QED) is 0.189. The number of carbonyl (C=O) groups excluding carboxylic acids is 1. The number of carbonyl (C=O) groups is 1. The van der Waals surface area contributed by atoms with Crippen LogP contribution in [0.25, 0.3) is 22.0 Å². The van der Waals surface area contributed by atoms with Crippen molar-refractivity contribution in [2.24, 2.45) is 5.73 Å². The summed E-state index contributed by atoms with van der Waals surface area (Å²) in [5.74, 6) is 0.592. The normalized spacial score (nSPS) is 14.9. The number of halogens is 3. The van der Waals surface area contributed by atoms with Crippen molar-refractivity contribution in [3.63, 3.8) is 0 Å². The van der Waals surface area contributed by atoms with Gasteiger partial charge in [-0.15, -0.1) is 0 Å². The Morgan fingerprint density at radius 3 is 2.22 bits per heavy atom. The maximum atomic E-state index is 12.4. The molecule has 2 N–H and O–H groups in total. The molecule has 5 rings (SSSR count). The molecular formula is C40H55F3N4O2. The molecule has 0 aliphatic carbocycles. The maximum Gasteiger partial charge on any atom is 0.401 e. The fourth-order valence-corrected chi connectivity index (χ4v) is 6.13. The van der Waals surface area contributed by atoms with E-state index in [1.807, 2.05) is 20.0 Å². The fraction of sp³-hybridized carbons (Fsp3) is 0.525. The lowest BCUT2D eigenvalue weighted by molar-refractivity contribution is -0.185. The average Bonchev–Trinajstić information content (AvgIpc) is 3.50. The third kappa shape index (κ3) is 10.5. The number of nitrogens with two attached hydrogens (primary N) is 1. The summed E-state index contributed by atoms with van der Waals surface area (Å²) in [6, 6.07) is 14.9. The predicted molar refractivity (Wildman–Crippen MR) is 194 cm³/mol. The lowest BCUT2D eigenvalue weighted by atomic mass is 9.88. The van der Waals surface area contributed by atoms with E-state index in [1.165, 1.54) is 29.0 Å². The first-order valence-corrected chi connectivity index (χ1v) is 17.6. The summed E-state index contributed by atoms with van der Waals surface area (Å²) in [5, 5.41) is 4.62. The Kier molecular flexibility index (Phi) is 14.2. The zero-order chi connectivity index (χ0) is 36.5. The molecule has 3 heterocycles. The van der Waals surface area contributed by atoms with Crippen molar-refractivity contribution in [3.8, 4) is 11.1 Å². The van der Waals surface area contributed by atoms with Crippen LogP contribution in [-0.4, -0.2) is 52.7 Å². The van der Waals surface area contributed by atoms with Gasteiger partial charge in [-0.1, -0.05) is 44.1 Å². The van der Waals surface area contributed by atoms with E-state index in [-0.39, 0.29) is 11.5 Å². The van der Waals surface area contributed by atoms with E-state index in [0.29, 0.717) is 24.1 Å². The Labute approximate surface area is 290 Å². The summed E-state index contributed by atoms with van der Waals surface area (Å²) >= 11 is 0. The lowest BCUT2D eigenvalue weighted by Crippen LogP contribution is -2.40. The van der Waals surface area contributed by atoms with Crippen LogP contribution in [0.4, 0.5) is 13.2 Å². The first-order valence-electron chi connectivity index (χ1n) is 17.6. The molecule has 268 valence electrons. The zero-order valence-corrected chi connectivity index (χ0v) is 30.8. The van der Waals surface area contributed by atoms with Crippen molar-refractivity contribution in [3.05, 3.63) is 82.4 Å². The average molecular weight is 681 g/mol. The molecule has 1 saturated heterocycles. The first-order chi connectivity index (χ1) is 23.1. The molecular weight excluding hydrogens is 625 g/mol. The van der Waals surface area contributed by atoms with Gasteiger partial charge in [-0.25, -0.2) is 0 Å². The molecule has 0 bridgehead atoms. The minimum absolute atomic E-state index is 0.155. The number of likely N-dealkylation sites (tertiary alicyclic amines) is 1. The number of hydrogen-bond acceptors (Lipinski definition) is 6. The summed E-state index contributed by atoms with van der Waals surface area (Å²) in [6.07, 6.45) is 2.71. The second-order valence-corrected chi connectivity index (χ2v) is 13.7. The van der Waals surface area contributed by atoms with Gasteiger partial charge in [-0.05, 0) is 139 Å². The zero-order valence-electron chi connectivity index (χ0n) is 30.8. The molecule has 0 radical (unpaired) electrons. The molecule has 4 aromatic rings. The van der Waals surface area contributed by atoms with Crippen LogP contribution < -0.4 is 5.73 Å². The van der Waals surface area contributed by atoms with Gasteiger partial charge in [0.05, 0.1) is 11.2 Å². The van der Waals surface area contributed by atoms with Crippen LogP contribution in [0.2, 0.25) is 0 Å². The monoisotopic (exact) mass is 680 g/mol. The number of alkyl halides is 3. The maximum absolute atomic E-state index is 12.4. The first kappa shape index (κ1) is 39.9. The van der Waals surface area contributed by atoms with Crippen LogP contribution in [0.15, 0.2) is 53.2 Å². The number of rotatable bonds is 9. The predicted octanol–water partition coefficient (Wildman–Crippen LogP) is 9.81.